The number of nitrogens with one attached hydrogen (secondary N) is 1. The smallest absolute Gasteiger partial charge is 0.265 e. The molecule has 1 spiro atoms. The number of fused-ring (bicyclic) bond motifs is 1. The van der Waals surface area contributed by atoms with E-state index in [-0.39, 0.29) is 11.8 Å². The average molecular weight is 352 g/mol. The SMILES string of the molecule is NC(=O)c1cc2cc(Cl)ccc2[nH]1.N[C@H]1CCCC2(C1)OCCO2. The molecule has 2 aliphatic rings. The molecule has 130 valence electrons. The van der Waals surface area contributed by atoms with Crippen LogP contribution >= 0.6 is 11.6 Å². The first-order valence-corrected chi connectivity index (χ1v) is 8.47. The van der Waals surface area contributed by atoms with Crippen LogP contribution in [0.25, 0.3) is 10.9 Å². The summed E-state index contributed by atoms with van der Waals surface area (Å²) in [6, 6.07) is 7.31. The van der Waals surface area contributed by atoms with Crippen LogP contribution in [0.1, 0.15) is 36.2 Å². The van der Waals surface area contributed by atoms with Gasteiger partial charge in [-0.15, -0.1) is 0 Å². The van der Waals surface area contributed by atoms with E-state index in [0.29, 0.717) is 10.7 Å². The maximum Gasteiger partial charge on any atom is 0.265 e. The normalized spacial score (nSPS) is 22.3. The summed E-state index contributed by atoms with van der Waals surface area (Å²) in [5, 5.41) is 1.53. The van der Waals surface area contributed by atoms with E-state index < -0.39 is 5.91 Å². The summed E-state index contributed by atoms with van der Waals surface area (Å²) in [7, 11) is 0. The summed E-state index contributed by atoms with van der Waals surface area (Å²) in [4.78, 5) is 13.7. The lowest BCUT2D eigenvalue weighted by Gasteiger charge is -2.34. The Morgan fingerprint density at radius 3 is 2.71 bits per heavy atom. The maximum atomic E-state index is 10.8. The zero-order chi connectivity index (χ0) is 17.2. The third-order valence-electron chi connectivity index (χ3n) is 4.37. The number of carbonyl (C=O) groups is 1. The van der Waals surface area contributed by atoms with Crippen LogP contribution in [0.15, 0.2) is 24.3 Å². The van der Waals surface area contributed by atoms with Crippen LogP contribution in [0.5, 0.6) is 0 Å². The lowest BCUT2D eigenvalue weighted by molar-refractivity contribution is -0.179. The molecule has 1 aromatic heterocycles. The Bertz CT molecular complexity index is 725. The lowest BCUT2D eigenvalue weighted by Crippen LogP contribution is -2.41. The Hall–Kier alpha value is -1.60. The van der Waals surface area contributed by atoms with Crippen molar-refractivity contribution >= 4 is 28.4 Å². The van der Waals surface area contributed by atoms with Crippen LogP contribution in [-0.4, -0.2) is 35.9 Å². The second kappa shape index (κ2) is 7.11. The highest BCUT2D eigenvalue weighted by Crippen LogP contribution is 2.34. The average Bonchev–Trinajstić information content (AvgIpc) is 3.14. The van der Waals surface area contributed by atoms with Crippen LogP contribution < -0.4 is 11.5 Å². The number of halogens is 1. The minimum Gasteiger partial charge on any atom is -0.364 e. The summed E-state index contributed by atoms with van der Waals surface area (Å²) in [6.45, 7) is 1.49. The fraction of sp³-hybridized carbons (Fsp3) is 0.471. The van der Waals surface area contributed by atoms with Crippen molar-refractivity contribution in [3.05, 3.63) is 35.0 Å². The predicted octanol–water partition coefficient (Wildman–Crippen LogP) is 2.55. The second-order valence-corrected chi connectivity index (χ2v) is 6.68. The van der Waals surface area contributed by atoms with Gasteiger partial charge in [0.15, 0.2) is 5.79 Å². The Labute approximate surface area is 145 Å². The van der Waals surface area contributed by atoms with E-state index in [1.165, 1.54) is 0 Å². The number of primary amides is 1. The molecule has 1 saturated carbocycles. The molecule has 1 amide bonds. The van der Waals surface area contributed by atoms with Gasteiger partial charge in [-0.05, 0) is 37.1 Å². The van der Waals surface area contributed by atoms with Crippen LogP contribution in [0.3, 0.4) is 0 Å². The van der Waals surface area contributed by atoms with Crippen molar-refractivity contribution in [3.8, 4) is 0 Å². The van der Waals surface area contributed by atoms with Crippen molar-refractivity contribution in [2.45, 2.75) is 37.5 Å². The number of hydrogen-bond acceptors (Lipinski definition) is 4. The van der Waals surface area contributed by atoms with Gasteiger partial charge in [0.1, 0.15) is 5.69 Å². The zero-order valence-electron chi connectivity index (χ0n) is 13.4. The molecule has 5 N–H and O–H groups in total. The molecule has 24 heavy (non-hydrogen) atoms. The molecule has 0 bridgehead atoms. The van der Waals surface area contributed by atoms with E-state index in [1.807, 2.05) is 6.07 Å². The molecular weight excluding hydrogens is 330 g/mol. The molecule has 0 unspecified atom stereocenters. The van der Waals surface area contributed by atoms with Crippen molar-refractivity contribution in [2.75, 3.05) is 13.2 Å². The Morgan fingerprint density at radius 2 is 2.04 bits per heavy atom. The minimum absolute atomic E-state index is 0.279. The molecule has 2 aromatic rings. The standard InChI is InChI=1S/C9H7ClN2O.C8H15NO2/c10-6-1-2-7-5(3-6)4-8(12-7)9(11)13;9-7-2-1-3-8(6-7)10-4-5-11-8/h1-4,12H,(H2,11,13);7H,1-6,9H2/t;7-/m.0/s1. The third-order valence-corrected chi connectivity index (χ3v) is 4.60. The first-order chi connectivity index (χ1) is 11.5. The number of carbonyl (C=O) groups excluding carboxylic acids is 1. The number of benzene rings is 1. The summed E-state index contributed by atoms with van der Waals surface area (Å²) in [5.74, 6) is -0.746. The largest absolute Gasteiger partial charge is 0.364 e. The van der Waals surface area contributed by atoms with Gasteiger partial charge in [-0.25, -0.2) is 0 Å². The number of H-pyrrole nitrogens is 1. The predicted molar refractivity (Wildman–Crippen MR) is 92.9 cm³/mol. The van der Waals surface area contributed by atoms with Gasteiger partial charge >= 0.3 is 0 Å². The summed E-state index contributed by atoms with van der Waals surface area (Å²) in [5.41, 5.74) is 12.2. The highest BCUT2D eigenvalue weighted by molar-refractivity contribution is 6.31. The van der Waals surface area contributed by atoms with E-state index in [9.17, 15) is 4.79 Å². The number of aromatic nitrogens is 1. The Balaban J connectivity index is 0.000000143. The van der Waals surface area contributed by atoms with E-state index in [4.69, 9.17) is 32.5 Å². The third kappa shape index (κ3) is 3.89. The molecule has 2 heterocycles. The van der Waals surface area contributed by atoms with Gasteiger partial charge < -0.3 is 25.9 Å². The van der Waals surface area contributed by atoms with Crippen molar-refractivity contribution < 1.29 is 14.3 Å². The highest BCUT2D eigenvalue weighted by atomic mass is 35.5. The molecule has 1 aromatic carbocycles. The number of nitrogens with two attached hydrogens (primary N) is 2. The van der Waals surface area contributed by atoms with Gasteiger partial charge in [0, 0.05) is 34.8 Å². The monoisotopic (exact) mass is 351 g/mol. The number of amides is 1. The van der Waals surface area contributed by atoms with Crippen LogP contribution in [0.4, 0.5) is 0 Å². The molecule has 1 aliphatic heterocycles. The maximum absolute atomic E-state index is 10.8. The summed E-state index contributed by atoms with van der Waals surface area (Å²) < 4.78 is 11.1. The van der Waals surface area contributed by atoms with Crippen molar-refractivity contribution in [3.63, 3.8) is 0 Å². The number of rotatable bonds is 1. The Kier molecular flexibility index (Phi) is 5.10. The Morgan fingerprint density at radius 1 is 1.29 bits per heavy atom. The summed E-state index contributed by atoms with van der Waals surface area (Å²) in [6.07, 6.45) is 4.17. The second-order valence-electron chi connectivity index (χ2n) is 6.24. The molecule has 4 rings (SSSR count). The van der Waals surface area contributed by atoms with Gasteiger partial charge in [0.05, 0.1) is 13.2 Å². The fourth-order valence-electron chi connectivity index (χ4n) is 3.23. The highest BCUT2D eigenvalue weighted by Gasteiger charge is 2.40. The van der Waals surface area contributed by atoms with Crippen LogP contribution in [0, 0.1) is 0 Å². The molecule has 0 radical (unpaired) electrons. The van der Waals surface area contributed by atoms with E-state index in [1.54, 1.807) is 18.2 Å². The molecule has 6 nitrogen and oxygen atoms in total. The molecule has 1 aliphatic carbocycles. The number of ether oxygens (including phenoxy) is 2. The molecule has 2 fully saturated rings. The van der Waals surface area contributed by atoms with E-state index in [0.717, 1.165) is 49.8 Å². The quantitative estimate of drug-likeness (QED) is 0.734. The molecular formula is C17H22ClN3O3. The zero-order valence-corrected chi connectivity index (χ0v) is 14.1. The van der Waals surface area contributed by atoms with Crippen molar-refractivity contribution in [1.29, 1.82) is 0 Å². The van der Waals surface area contributed by atoms with Gasteiger partial charge in [-0.2, -0.15) is 0 Å². The number of hydrogen-bond donors (Lipinski definition) is 3. The minimum atomic E-state index is -0.465. The van der Waals surface area contributed by atoms with Crippen molar-refractivity contribution in [2.24, 2.45) is 11.5 Å². The van der Waals surface area contributed by atoms with Gasteiger partial charge in [-0.1, -0.05) is 11.6 Å². The first-order valence-electron chi connectivity index (χ1n) is 8.09. The summed E-state index contributed by atoms with van der Waals surface area (Å²) >= 11 is 5.78. The van der Waals surface area contributed by atoms with Crippen molar-refractivity contribution in [1.82, 2.24) is 4.98 Å². The molecule has 1 saturated heterocycles. The van der Waals surface area contributed by atoms with E-state index >= 15 is 0 Å². The lowest BCUT2D eigenvalue weighted by atomic mass is 9.90. The van der Waals surface area contributed by atoms with E-state index in [2.05, 4.69) is 4.98 Å². The molecule has 7 heteroatoms. The van der Waals surface area contributed by atoms with Crippen LogP contribution in [0.2, 0.25) is 5.02 Å². The molecule has 1 atom stereocenters. The van der Waals surface area contributed by atoms with Gasteiger partial charge in [0.25, 0.3) is 5.91 Å². The van der Waals surface area contributed by atoms with Crippen LogP contribution in [-0.2, 0) is 9.47 Å². The fourth-order valence-corrected chi connectivity index (χ4v) is 3.41. The topological polar surface area (TPSA) is 103 Å². The first kappa shape index (κ1) is 17.2. The van der Waals surface area contributed by atoms with Gasteiger partial charge in [-0.3, -0.25) is 4.79 Å². The van der Waals surface area contributed by atoms with Gasteiger partial charge in [0.2, 0.25) is 0 Å². The number of aromatic amines is 1.